The highest BCUT2D eigenvalue weighted by Crippen LogP contribution is 2.30. The van der Waals surface area contributed by atoms with E-state index < -0.39 is 0 Å². The second kappa shape index (κ2) is 8.86. The highest BCUT2D eigenvalue weighted by molar-refractivity contribution is 5.94. The van der Waals surface area contributed by atoms with E-state index in [9.17, 15) is 9.59 Å². The molecule has 2 N–H and O–H groups in total. The third-order valence-electron chi connectivity index (χ3n) is 5.79. The number of rotatable bonds is 7. The van der Waals surface area contributed by atoms with Gasteiger partial charge in [0.1, 0.15) is 11.6 Å². The summed E-state index contributed by atoms with van der Waals surface area (Å²) in [6, 6.07) is 14.8. The lowest BCUT2D eigenvalue weighted by molar-refractivity contribution is -0.118. The summed E-state index contributed by atoms with van der Waals surface area (Å²) in [7, 11) is 0. The number of aryl methyl sites for hydroxylation is 2. The van der Waals surface area contributed by atoms with Gasteiger partial charge in [-0.1, -0.05) is 18.2 Å². The van der Waals surface area contributed by atoms with Gasteiger partial charge in [0.2, 0.25) is 5.91 Å². The number of fused-ring (bicyclic) bond motifs is 1. The number of carbonyl (C=O) groups is 2. The van der Waals surface area contributed by atoms with E-state index in [1.165, 1.54) is 12.8 Å². The first-order chi connectivity index (χ1) is 15.6. The summed E-state index contributed by atoms with van der Waals surface area (Å²) in [6.45, 7) is 0.918. The maximum Gasteiger partial charge on any atom is 0.262 e. The fraction of sp³-hybridized carbons (Fsp3) is 0.320. The average Bonchev–Trinajstić information content (AvgIpc) is 3.57. The number of amides is 2. The van der Waals surface area contributed by atoms with Crippen molar-refractivity contribution in [1.82, 2.24) is 9.55 Å². The third kappa shape index (κ3) is 4.82. The number of nitrogens with one attached hydrogen (secondary N) is 2. The SMILES string of the molecule is O=C(COc1cccc(NC(=O)C2CC2)c1)Nc1ccc(-c2cn3c(n2)CCCC3)cc1. The van der Waals surface area contributed by atoms with Crippen molar-refractivity contribution < 1.29 is 14.3 Å². The summed E-state index contributed by atoms with van der Waals surface area (Å²) in [6.07, 6.45) is 7.44. The highest BCUT2D eigenvalue weighted by atomic mass is 16.5. The number of benzene rings is 2. The van der Waals surface area contributed by atoms with Crippen LogP contribution in [0.25, 0.3) is 11.3 Å². The molecule has 164 valence electrons. The zero-order valence-corrected chi connectivity index (χ0v) is 17.8. The molecule has 7 heteroatoms. The number of ether oxygens (including phenoxy) is 1. The second-order valence-corrected chi connectivity index (χ2v) is 8.40. The molecule has 0 radical (unpaired) electrons. The van der Waals surface area contributed by atoms with Crippen LogP contribution in [0.3, 0.4) is 0 Å². The molecule has 7 nitrogen and oxygen atoms in total. The normalized spacial score (nSPS) is 15.0. The van der Waals surface area contributed by atoms with Crippen molar-refractivity contribution in [3.63, 3.8) is 0 Å². The number of hydrogen-bond acceptors (Lipinski definition) is 4. The van der Waals surface area contributed by atoms with Crippen LogP contribution in [0.2, 0.25) is 0 Å². The van der Waals surface area contributed by atoms with E-state index in [4.69, 9.17) is 9.72 Å². The predicted molar refractivity (Wildman–Crippen MR) is 123 cm³/mol. The zero-order valence-electron chi connectivity index (χ0n) is 17.8. The smallest absolute Gasteiger partial charge is 0.262 e. The van der Waals surface area contributed by atoms with E-state index >= 15 is 0 Å². The minimum absolute atomic E-state index is 0.0408. The second-order valence-electron chi connectivity index (χ2n) is 8.40. The van der Waals surface area contributed by atoms with E-state index in [1.807, 2.05) is 30.3 Å². The van der Waals surface area contributed by atoms with Crippen LogP contribution < -0.4 is 15.4 Å². The van der Waals surface area contributed by atoms with Crippen molar-refractivity contribution in [1.29, 1.82) is 0 Å². The first-order valence-corrected chi connectivity index (χ1v) is 11.1. The molecule has 1 fully saturated rings. The number of carbonyl (C=O) groups excluding carboxylic acids is 2. The molecule has 2 amide bonds. The summed E-state index contributed by atoms with van der Waals surface area (Å²) in [5.41, 5.74) is 3.39. The predicted octanol–water partition coefficient (Wildman–Crippen LogP) is 4.25. The lowest BCUT2D eigenvalue weighted by Gasteiger charge is -2.11. The van der Waals surface area contributed by atoms with Crippen molar-refractivity contribution in [3.05, 3.63) is 60.6 Å². The first kappa shape index (κ1) is 20.3. The van der Waals surface area contributed by atoms with Crippen LogP contribution >= 0.6 is 0 Å². The number of anilines is 2. The van der Waals surface area contributed by atoms with Gasteiger partial charge in [-0.2, -0.15) is 0 Å². The lowest BCUT2D eigenvalue weighted by atomic mass is 10.1. The van der Waals surface area contributed by atoms with Gasteiger partial charge in [0.05, 0.1) is 5.69 Å². The number of aromatic nitrogens is 2. The molecular weight excluding hydrogens is 404 g/mol. The van der Waals surface area contributed by atoms with Gasteiger partial charge >= 0.3 is 0 Å². The van der Waals surface area contributed by atoms with Gasteiger partial charge in [0.25, 0.3) is 5.91 Å². The molecular formula is C25H26N4O3. The minimum atomic E-state index is -0.248. The number of hydrogen-bond donors (Lipinski definition) is 2. The summed E-state index contributed by atoms with van der Waals surface area (Å²) in [4.78, 5) is 29.0. The van der Waals surface area contributed by atoms with E-state index in [-0.39, 0.29) is 24.3 Å². The van der Waals surface area contributed by atoms with Gasteiger partial charge in [-0.25, -0.2) is 4.98 Å². The topological polar surface area (TPSA) is 85.2 Å². The maximum atomic E-state index is 12.3. The Hall–Kier alpha value is -3.61. The van der Waals surface area contributed by atoms with E-state index in [0.29, 0.717) is 17.1 Å². The van der Waals surface area contributed by atoms with Gasteiger partial charge in [-0.15, -0.1) is 0 Å². The molecule has 0 unspecified atom stereocenters. The van der Waals surface area contributed by atoms with Gasteiger partial charge < -0.3 is 19.9 Å². The Morgan fingerprint density at radius 3 is 2.66 bits per heavy atom. The van der Waals surface area contributed by atoms with Crippen LogP contribution in [0.5, 0.6) is 5.75 Å². The van der Waals surface area contributed by atoms with Crippen molar-refractivity contribution in [2.45, 2.75) is 38.6 Å². The van der Waals surface area contributed by atoms with Crippen LogP contribution in [-0.4, -0.2) is 28.0 Å². The standard InChI is InChI=1S/C25H26N4O3/c30-24(16-32-21-5-3-4-20(14-21)27-25(31)18-7-8-18)26-19-11-9-17(10-12-19)22-15-29-13-2-1-6-23(29)28-22/h3-5,9-12,14-15,18H,1-2,6-8,13,16H2,(H,26,30)(H,27,31). The van der Waals surface area contributed by atoms with Crippen LogP contribution in [0.4, 0.5) is 11.4 Å². The van der Waals surface area contributed by atoms with E-state index in [2.05, 4.69) is 21.4 Å². The average molecular weight is 431 g/mol. The summed E-state index contributed by atoms with van der Waals surface area (Å²) >= 11 is 0. The molecule has 3 aromatic rings. The van der Waals surface area contributed by atoms with E-state index in [1.54, 1.807) is 18.2 Å². The first-order valence-electron chi connectivity index (χ1n) is 11.1. The fourth-order valence-corrected chi connectivity index (χ4v) is 3.88. The Balaban J connectivity index is 1.14. The molecule has 1 aromatic heterocycles. The Bertz CT molecular complexity index is 1110. The monoisotopic (exact) mass is 430 g/mol. The summed E-state index contributed by atoms with van der Waals surface area (Å²) < 4.78 is 7.84. The Morgan fingerprint density at radius 1 is 1.03 bits per heavy atom. The lowest BCUT2D eigenvalue weighted by Crippen LogP contribution is -2.20. The highest BCUT2D eigenvalue weighted by Gasteiger charge is 2.29. The molecule has 0 saturated heterocycles. The van der Waals surface area contributed by atoms with Crippen LogP contribution in [0.1, 0.15) is 31.5 Å². The molecule has 0 bridgehead atoms. The van der Waals surface area contributed by atoms with Crippen molar-refractivity contribution >= 4 is 23.2 Å². The van der Waals surface area contributed by atoms with Gasteiger partial charge in [0, 0.05) is 48.1 Å². The number of nitrogens with zero attached hydrogens (tertiary/aromatic N) is 2. The largest absolute Gasteiger partial charge is 0.484 e. The Kier molecular flexibility index (Phi) is 5.62. The van der Waals surface area contributed by atoms with Gasteiger partial charge in [-0.3, -0.25) is 9.59 Å². The summed E-state index contributed by atoms with van der Waals surface area (Å²) in [5.74, 6) is 1.61. The molecule has 0 atom stereocenters. The van der Waals surface area contributed by atoms with Crippen molar-refractivity contribution in [2.24, 2.45) is 5.92 Å². The van der Waals surface area contributed by atoms with Crippen molar-refractivity contribution in [3.8, 4) is 17.0 Å². The molecule has 5 rings (SSSR count). The van der Waals surface area contributed by atoms with Crippen molar-refractivity contribution in [2.75, 3.05) is 17.2 Å². The molecule has 1 saturated carbocycles. The van der Waals surface area contributed by atoms with Crippen LogP contribution in [0.15, 0.2) is 54.7 Å². The fourth-order valence-electron chi connectivity index (χ4n) is 3.88. The van der Waals surface area contributed by atoms with E-state index in [0.717, 1.165) is 42.9 Å². The molecule has 32 heavy (non-hydrogen) atoms. The molecule has 1 aliphatic heterocycles. The number of imidazole rings is 1. The summed E-state index contributed by atoms with van der Waals surface area (Å²) in [5, 5.41) is 5.73. The molecule has 2 aromatic carbocycles. The Labute approximate surface area is 186 Å². The zero-order chi connectivity index (χ0) is 21.9. The molecule has 1 aliphatic carbocycles. The molecule has 2 heterocycles. The maximum absolute atomic E-state index is 12.3. The Morgan fingerprint density at radius 2 is 1.88 bits per heavy atom. The third-order valence-corrected chi connectivity index (χ3v) is 5.79. The van der Waals surface area contributed by atoms with Gasteiger partial charge in [-0.05, 0) is 49.9 Å². The van der Waals surface area contributed by atoms with Crippen LogP contribution in [0, 0.1) is 5.92 Å². The molecule has 0 spiro atoms. The van der Waals surface area contributed by atoms with Crippen LogP contribution in [-0.2, 0) is 22.6 Å². The quantitative estimate of drug-likeness (QED) is 0.587. The minimum Gasteiger partial charge on any atom is -0.484 e. The molecule has 2 aliphatic rings. The van der Waals surface area contributed by atoms with Gasteiger partial charge in [0.15, 0.2) is 6.61 Å².